The van der Waals surface area contributed by atoms with E-state index in [0.29, 0.717) is 5.75 Å². The minimum Gasteiger partial charge on any atom is -0.385 e. The fourth-order valence-corrected chi connectivity index (χ4v) is 1.21. The molecule has 1 aromatic carbocycles. The summed E-state index contributed by atoms with van der Waals surface area (Å²) in [5, 5.41) is 3.06. The van der Waals surface area contributed by atoms with Gasteiger partial charge >= 0.3 is 11.4 Å². The Bertz CT molecular complexity index is 303. The molecule has 0 saturated heterocycles. The summed E-state index contributed by atoms with van der Waals surface area (Å²) in [7, 11) is 0. The highest BCUT2D eigenvalue weighted by atomic mass is 32.2. The van der Waals surface area contributed by atoms with Crippen molar-refractivity contribution in [1.82, 2.24) is 0 Å². The van der Waals surface area contributed by atoms with E-state index in [4.69, 9.17) is 4.55 Å². The Balaban J connectivity index is 2.73. The Morgan fingerprint density at radius 1 is 1.62 bits per heavy atom. The van der Waals surface area contributed by atoms with Crippen molar-refractivity contribution in [2.75, 3.05) is 11.9 Å². The molecule has 1 unspecified atom stereocenters. The molecule has 0 aliphatic rings. The molecule has 1 atom stereocenters. The second kappa shape index (κ2) is 4.84. The summed E-state index contributed by atoms with van der Waals surface area (Å²) in [5.74, 6) is 0.374. The van der Waals surface area contributed by atoms with Gasteiger partial charge in [-0.3, -0.25) is 4.55 Å². The first-order valence-electron chi connectivity index (χ1n) is 3.85. The highest BCUT2D eigenvalue weighted by Crippen LogP contribution is 2.17. The summed E-state index contributed by atoms with van der Waals surface area (Å²) in [6.07, 6.45) is 0. The van der Waals surface area contributed by atoms with Crippen molar-refractivity contribution in [2.24, 2.45) is 0 Å². The Morgan fingerprint density at radius 3 is 3.00 bits per heavy atom. The molecule has 0 spiro atoms. The van der Waals surface area contributed by atoms with Crippen molar-refractivity contribution < 1.29 is 12.9 Å². The normalized spacial score (nSPS) is 12.2. The van der Waals surface area contributed by atoms with Crippen LogP contribution in [0.4, 0.5) is 5.69 Å². The van der Waals surface area contributed by atoms with Crippen LogP contribution in [-0.4, -0.2) is 15.3 Å². The third kappa shape index (κ3) is 3.43. The van der Waals surface area contributed by atoms with Gasteiger partial charge in [0.25, 0.3) is 0 Å². The third-order valence-corrected chi connectivity index (χ3v) is 1.72. The molecule has 1 rings (SSSR count). The molecular formula is C8H11NO3S. The molecule has 5 heteroatoms. The van der Waals surface area contributed by atoms with Crippen LogP contribution < -0.4 is 9.50 Å². The lowest BCUT2D eigenvalue weighted by Gasteiger charge is -2.04. The zero-order valence-corrected chi connectivity index (χ0v) is 8.00. The quantitative estimate of drug-likeness (QED) is 0.727. The van der Waals surface area contributed by atoms with Gasteiger partial charge in [-0.1, -0.05) is 6.07 Å². The van der Waals surface area contributed by atoms with E-state index >= 15 is 0 Å². The van der Waals surface area contributed by atoms with Crippen molar-refractivity contribution in [2.45, 2.75) is 6.92 Å². The predicted molar refractivity (Wildman–Crippen MR) is 52.0 cm³/mol. The van der Waals surface area contributed by atoms with Crippen LogP contribution in [0.2, 0.25) is 0 Å². The van der Waals surface area contributed by atoms with Gasteiger partial charge in [-0.2, -0.15) is 4.21 Å². The van der Waals surface area contributed by atoms with Gasteiger partial charge in [0.1, 0.15) is 5.75 Å². The lowest BCUT2D eigenvalue weighted by Crippen LogP contribution is -1.99. The van der Waals surface area contributed by atoms with Crippen molar-refractivity contribution in [3.8, 4) is 5.75 Å². The highest BCUT2D eigenvalue weighted by molar-refractivity contribution is 7.74. The average molecular weight is 201 g/mol. The van der Waals surface area contributed by atoms with Crippen LogP contribution in [0, 0.1) is 0 Å². The van der Waals surface area contributed by atoms with Crippen LogP contribution in [0.25, 0.3) is 0 Å². The molecule has 0 radical (unpaired) electrons. The minimum atomic E-state index is -2.26. The Labute approximate surface area is 79.4 Å². The van der Waals surface area contributed by atoms with Crippen molar-refractivity contribution in [3.05, 3.63) is 24.3 Å². The molecule has 0 aromatic heterocycles. The molecule has 1 aromatic rings. The Hall–Kier alpha value is -1.07. The number of benzene rings is 1. The Kier molecular flexibility index (Phi) is 3.72. The summed E-state index contributed by atoms with van der Waals surface area (Å²) in [4.78, 5) is 0. The highest BCUT2D eigenvalue weighted by Gasteiger charge is 1.98. The maximum atomic E-state index is 10.3. The SMILES string of the molecule is CCNc1cccc(OS(=O)O)c1. The van der Waals surface area contributed by atoms with E-state index in [1.807, 2.05) is 13.0 Å². The summed E-state index contributed by atoms with van der Waals surface area (Å²) < 4.78 is 23.4. The number of nitrogens with one attached hydrogen (secondary N) is 1. The second-order valence-electron chi connectivity index (χ2n) is 2.36. The molecular weight excluding hydrogens is 190 g/mol. The molecule has 13 heavy (non-hydrogen) atoms. The number of hydrogen-bond acceptors (Lipinski definition) is 3. The number of anilines is 1. The molecule has 0 amide bonds. The molecule has 0 fully saturated rings. The molecule has 0 bridgehead atoms. The maximum absolute atomic E-state index is 10.3. The van der Waals surface area contributed by atoms with E-state index in [0.717, 1.165) is 12.2 Å². The van der Waals surface area contributed by atoms with E-state index < -0.39 is 11.4 Å². The molecule has 0 saturated carbocycles. The second-order valence-corrected chi connectivity index (χ2v) is 2.96. The topological polar surface area (TPSA) is 58.6 Å². The molecule has 2 N–H and O–H groups in total. The minimum absolute atomic E-state index is 0.374. The maximum Gasteiger partial charge on any atom is 0.357 e. The zero-order valence-electron chi connectivity index (χ0n) is 7.19. The third-order valence-electron chi connectivity index (χ3n) is 1.38. The molecule has 0 heterocycles. The number of hydrogen-bond donors (Lipinski definition) is 2. The van der Waals surface area contributed by atoms with E-state index in [2.05, 4.69) is 9.50 Å². The summed E-state index contributed by atoms with van der Waals surface area (Å²) in [6.45, 7) is 2.77. The van der Waals surface area contributed by atoms with Gasteiger partial charge in [0.15, 0.2) is 0 Å². The monoisotopic (exact) mass is 201 g/mol. The van der Waals surface area contributed by atoms with Gasteiger partial charge in [-0.05, 0) is 19.1 Å². The van der Waals surface area contributed by atoms with Gasteiger partial charge < -0.3 is 9.50 Å². The van der Waals surface area contributed by atoms with Crippen LogP contribution in [0.5, 0.6) is 5.75 Å². The van der Waals surface area contributed by atoms with Gasteiger partial charge in [-0.25, -0.2) is 0 Å². The van der Waals surface area contributed by atoms with E-state index in [9.17, 15) is 4.21 Å². The largest absolute Gasteiger partial charge is 0.385 e. The molecule has 0 aliphatic carbocycles. The summed E-state index contributed by atoms with van der Waals surface area (Å²) in [5.41, 5.74) is 0.866. The Morgan fingerprint density at radius 2 is 2.38 bits per heavy atom. The van der Waals surface area contributed by atoms with Gasteiger partial charge in [-0.15, -0.1) is 0 Å². The van der Waals surface area contributed by atoms with E-state index in [1.54, 1.807) is 18.2 Å². The number of rotatable bonds is 4. The van der Waals surface area contributed by atoms with Crippen molar-refractivity contribution >= 4 is 17.0 Å². The fraction of sp³-hybridized carbons (Fsp3) is 0.250. The van der Waals surface area contributed by atoms with Crippen LogP contribution in [0.15, 0.2) is 24.3 Å². The lowest BCUT2D eigenvalue weighted by molar-refractivity contribution is 0.458. The predicted octanol–water partition coefficient (Wildman–Crippen LogP) is 1.63. The van der Waals surface area contributed by atoms with Crippen LogP contribution in [0.1, 0.15) is 6.92 Å². The van der Waals surface area contributed by atoms with Crippen LogP contribution in [-0.2, 0) is 11.4 Å². The molecule has 0 aliphatic heterocycles. The first-order chi connectivity index (χ1) is 6.22. The lowest BCUT2D eigenvalue weighted by atomic mass is 10.3. The van der Waals surface area contributed by atoms with Crippen molar-refractivity contribution in [1.29, 1.82) is 0 Å². The smallest absolute Gasteiger partial charge is 0.357 e. The van der Waals surface area contributed by atoms with E-state index in [1.165, 1.54) is 0 Å². The first kappa shape index (κ1) is 10.0. The average Bonchev–Trinajstić information content (AvgIpc) is 2.04. The zero-order chi connectivity index (χ0) is 9.68. The van der Waals surface area contributed by atoms with Crippen LogP contribution in [0.3, 0.4) is 0 Å². The molecule has 4 nitrogen and oxygen atoms in total. The van der Waals surface area contributed by atoms with Gasteiger partial charge in [0.05, 0.1) is 0 Å². The summed E-state index contributed by atoms with van der Waals surface area (Å²) >= 11 is -2.26. The summed E-state index contributed by atoms with van der Waals surface area (Å²) in [6, 6.07) is 6.89. The fourth-order valence-electron chi connectivity index (χ4n) is 0.944. The molecule has 72 valence electrons. The first-order valence-corrected chi connectivity index (χ1v) is 4.88. The van der Waals surface area contributed by atoms with Gasteiger partial charge in [0, 0.05) is 18.3 Å². The van der Waals surface area contributed by atoms with Crippen LogP contribution >= 0.6 is 0 Å². The van der Waals surface area contributed by atoms with E-state index in [-0.39, 0.29) is 0 Å². The van der Waals surface area contributed by atoms with Crippen molar-refractivity contribution in [3.63, 3.8) is 0 Å². The standard InChI is InChI=1S/C8H11NO3S/c1-2-9-7-4-3-5-8(6-7)12-13(10)11/h3-6,9H,2H2,1H3,(H,10,11). The van der Waals surface area contributed by atoms with Gasteiger partial charge in [0.2, 0.25) is 0 Å².